The Hall–Kier alpha value is -1.80. The molecule has 0 atom stereocenters. The first-order chi connectivity index (χ1) is 9.52. The number of hydrogen-bond donors (Lipinski definition) is 0. The Morgan fingerprint density at radius 3 is 2.95 bits per heavy atom. The topological polar surface area (TPSA) is 82.3 Å². The van der Waals surface area contributed by atoms with Gasteiger partial charge in [0, 0.05) is 16.7 Å². The Kier molecular flexibility index (Phi) is 4.46. The van der Waals surface area contributed by atoms with E-state index in [0.29, 0.717) is 14.2 Å². The van der Waals surface area contributed by atoms with E-state index in [9.17, 15) is 14.9 Å². The maximum Gasteiger partial charge on any atom is 0.348 e. The molecule has 0 aliphatic heterocycles. The highest BCUT2D eigenvalue weighted by Gasteiger charge is 2.20. The molecule has 2 aromatic heterocycles. The minimum Gasteiger partial charge on any atom is -0.462 e. The number of hydrogen-bond acceptors (Lipinski definition) is 6. The highest BCUT2D eigenvalue weighted by Crippen LogP contribution is 2.34. The number of carbonyl (C=O) groups excluding carboxylic acids is 1. The summed E-state index contributed by atoms with van der Waals surface area (Å²) in [5.74, 6) is -0.441. The first kappa shape index (κ1) is 14.6. The van der Waals surface area contributed by atoms with E-state index in [1.165, 1.54) is 12.3 Å². The fourth-order valence-corrected chi connectivity index (χ4v) is 2.76. The molecule has 8 heteroatoms. The van der Waals surface area contributed by atoms with Gasteiger partial charge >= 0.3 is 5.97 Å². The number of aromatic nitrogens is 1. The summed E-state index contributed by atoms with van der Waals surface area (Å²) in [5.41, 5.74) is 0.121. The van der Waals surface area contributed by atoms with Gasteiger partial charge in [-0.15, -0.1) is 11.3 Å². The predicted molar refractivity (Wildman–Crippen MR) is 77.9 cm³/mol. The summed E-state index contributed by atoms with van der Waals surface area (Å²) in [4.78, 5) is 27.1. The third kappa shape index (κ3) is 3.02. The number of rotatable bonds is 4. The number of pyridine rings is 1. The molecule has 0 saturated heterocycles. The van der Waals surface area contributed by atoms with Gasteiger partial charge in [0.1, 0.15) is 4.88 Å². The Balaban J connectivity index is 2.42. The van der Waals surface area contributed by atoms with Gasteiger partial charge in [0.2, 0.25) is 0 Å². The van der Waals surface area contributed by atoms with Crippen molar-refractivity contribution in [2.75, 3.05) is 6.61 Å². The fraction of sp³-hybridized carbons (Fsp3) is 0.167. The quantitative estimate of drug-likeness (QED) is 0.474. The first-order valence-corrected chi connectivity index (χ1v) is 7.21. The molecule has 0 aromatic carbocycles. The lowest BCUT2D eigenvalue weighted by Crippen LogP contribution is -2.01. The summed E-state index contributed by atoms with van der Waals surface area (Å²) in [6.45, 7) is 2.00. The van der Waals surface area contributed by atoms with Gasteiger partial charge in [-0.25, -0.2) is 9.78 Å². The molecule has 0 fully saturated rings. The maximum atomic E-state index is 11.6. The molecule has 0 N–H and O–H groups in total. The van der Waals surface area contributed by atoms with Gasteiger partial charge in [0.25, 0.3) is 5.69 Å². The molecule has 0 bridgehead atoms. The molecule has 0 saturated carbocycles. The largest absolute Gasteiger partial charge is 0.462 e. The molecule has 20 heavy (non-hydrogen) atoms. The Bertz CT molecular complexity index is 671. The SMILES string of the molecule is CCOC(=O)c1ccc(-c2ncc(Br)cc2[N+](=O)[O-])s1. The summed E-state index contributed by atoms with van der Waals surface area (Å²) >= 11 is 4.26. The first-order valence-electron chi connectivity index (χ1n) is 5.60. The maximum absolute atomic E-state index is 11.6. The summed E-state index contributed by atoms with van der Waals surface area (Å²) < 4.78 is 5.41. The van der Waals surface area contributed by atoms with Crippen molar-refractivity contribution in [2.24, 2.45) is 0 Å². The lowest BCUT2D eigenvalue weighted by molar-refractivity contribution is -0.384. The van der Waals surface area contributed by atoms with Crippen LogP contribution < -0.4 is 0 Å². The third-order valence-corrected chi connectivity index (χ3v) is 3.85. The van der Waals surface area contributed by atoms with Crippen LogP contribution in [0, 0.1) is 10.1 Å². The average molecular weight is 357 g/mol. The molecular weight excluding hydrogens is 348 g/mol. The van der Waals surface area contributed by atoms with Crippen molar-refractivity contribution in [3.63, 3.8) is 0 Å². The van der Waals surface area contributed by atoms with E-state index >= 15 is 0 Å². The minimum absolute atomic E-state index is 0.114. The van der Waals surface area contributed by atoms with E-state index in [1.807, 2.05) is 0 Å². The second-order valence-electron chi connectivity index (χ2n) is 3.66. The van der Waals surface area contributed by atoms with Gasteiger partial charge in [-0.05, 0) is 35.0 Å². The van der Waals surface area contributed by atoms with Gasteiger partial charge in [-0.1, -0.05) is 0 Å². The van der Waals surface area contributed by atoms with E-state index < -0.39 is 10.9 Å². The molecule has 2 aromatic rings. The average Bonchev–Trinajstić information content (AvgIpc) is 2.88. The van der Waals surface area contributed by atoms with E-state index in [1.54, 1.807) is 19.1 Å². The molecule has 0 radical (unpaired) electrons. The predicted octanol–water partition coefficient (Wildman–Crippen LogP) is 3.66. The van der Waals surface area contributed by atoms with Crippen LogP contribution in [0.2, 0.25) is 0 Å². The lowest BCUT2D eigenvalue weighted by atomic mass is 10.2. The molecule has 0 amide bonds. The Morgan fingerprint density at radius 1 is 1.55 bits per heavy atom. The molecule has 104 valence electrons. The molecule has 2 rings (SSSR count). The van der Waals surface area contributed by atoms with Crippen LogP contribution in [0.15, 0.2) is 28.9 Å². The Labute approximate surface area is 126 Å². The number of ether oxygens (including phenoxy) is 1. The van der Waals surface area contributed by atoms with Crippen molar-refractivity contribution >= 4 is 38.9 Å². The standard InChI is InChI=1S/C12H9BrN2O4S/c1-2-19-12(16)10-4-3-9(20-10)11-8(15(17)18)5-7(13)6-14-11/h3-6H,2H2,1H3. The number of nitrogens with zero attached hydrogens (tertiary/aromatic N) is 2. The molecule has 0 spiro atoms. The summed E-state index contributed by atoms with van der Waals surface area (Å²) in [5, 5.41) is 11.0. The van der Waals surface area contributed by atoms with Gasteiger partial charge in [0.15, 0.2) is 5.69 Å². The summed E-state index contributed by atoms with van der Waals surface area (Å²) in [6, 6.07) is 4.58. The van der Waals surface area contributed by atoms with E-state index in [-0.39, 0.29) is 18.0 Å². The van der Waals surface area contributed by atoms with Crippen LogP contribution in [-0.4, -0.2) is 22.5 Å². The monoisotopic (exact) mass is 356 g/mol. The Morgan fingerprint density at radius 2 is 2.30 bits per heavy atom. The number of carbonyl (C=O) groups is 1. The highest BCUT2D eigenvalue weighted by molar-refractivity contribution is 9.10. The number of halogens is 1. The van der Waals surface area contributed by atoms with Gasteiger partial charge < -0.3 is 4.74 Å². The van der Waals surface area contributed by atoms with E-state index in [0.717, 1.165) is 11.3 Å². The zero-order valence-electron chi connectivity index (χ0n) is 10.3. The zero-order valence-corrected chi connectivity index (χ0v) is 12.7. The van der Waals surface area contributed by atoms with E-state index in [4.69, 9.17) is 4.74 Å². The number of thiophene rings is 1. The van der Waals surface area contributed by atoms with Crippen LogP contribution in [-0.2, 0) is 4.74 Å². The second-order valence-corrected chi connectivity index (χ2v) is 5.66. The summed E-state index contributed by atoms with van der Waals surface area (Å²) in [6.07, 6.45) is 1.48. The zero-order chi connectivity index (χ0) is 14.7. The lowest BCUT2D eigenvalue weighted by Gasteiger charge is -2.00. The van der Waals surface area contributed by atoms with Gasteiger partial charge in [-0.2, -0.15) is 0 Å². The highest BCUT2D eigenvalue weighted by atomic mass is 79.9. The fourth-order valence-electron chi connectivity index (χ4n) is 1.53. The van der Waals surface area contributed by atoms with Crippen LogP contribution in [0.5, 0.6) is 0 Å². The van der Waals surface area contributed by atoms with Crippen molar-refractivity contribution in [1.82, 2.24) is 4.98 Å². The molecular formula is C12H9BrN2O4S. The van der Waals surface area contributed by atoms with Crippen molar-refractivity contribution in [2.45, 2.75) is 6.92 Å². The summed E-state index contributed by atoms with van der Waals surface area (Å²) in [7, 11) is 0. The normalized spacial score (nSPS) is 10.3. The van der Waals surface area contributed by atoms with Crippen molar-refractivity contribution in [3.05, 3.63) is 43.9 Å². The van der Waals surface area contributed by atoms with Crippen LogP contribution >= 0.6 is 27.3 Å². The smallest absolute Gasteiger partial charge is 0.348 e. The molecule has 0 aliphatic rings. The van der Waals surface area contributed by atoms with Crippen molar-refractivity contribution in [3.8, 4) is 10.6 Å². The minimum atomic E-state index is -0.503. The molecule has 0 unspecified atom stereocenters. The van der Waals surface area contributed by atoms with Gasteiger partial charge in [-0.3, -0.25) is 10.1 Å². The second kappa shape index (κ2) is 6.10. The van der Waals surface area contributed by atoms with Crippen molar-refractivity contribution in [1.29, 1.82) is 0 Å². The van der Waals surface area contributed by atoms with Crippen LogP contribution in [0.1, 0.15) is 16.6 Å². The van der Waals surface area contributed by atoms with Crippen LogP contribution in [0.3, 0.4) is 0 Å². The third-order valence-electron chi connectivity index (χ3n) is 2.35. The van der Waals surface area contributed by atoms with E-state index in [2.05, 4.69) is 20.9 Å². The number of nitro groups is 1. The molecule has 2 heterocycles. The molecule has 0 aliphatic carbocycles. The molecule has 6 nitrogen and oxygen atoms in total. The number of esters is 1. The van der Waals surface area contributed by atoms with Crippen LogP contribution in [0.25, 0.3) is 10.6 Å². The van der Waals surface area contributed by atoms with Gasteiger partial charge in [0.05, 0.1) is 16.4 Å². The van der Waals surface area contributed by atoms with Crippen molar-refractivity contribution < 1.29 is 14.5 Å². The van der Waals surface area contributed by atoms with Crippen LogP contribution in [0.4, 0.5) is 5.69 Å².